The number of benzene rings is 2. The second-order valence-corrected chi connectivity index (χ2v) is 9.22. The number of carbonyl (C=O) groups excluding carboxylic acids is 2. The number of esters is 1. The number of Topliss-reactive ketones (excluding diaryl/α,β-unsaturated/α-hetero) is 1. The molecule has 0 saturated heterocycles. The first kappa shape index (κ1) is 32.2. The molecule has 0 radical (unpaired) electrons. The highest BCUT2D eigenvalue weighted by Gasteiger charge is 2.38. The molecule has 1 atom stereocenters. The van der Waals surface area contributed by atoms with Crippen LogP contribution < -0.4 is 10.5 Å². The Morgan fingerprint density at radius 1 is 0.902 bits per heavy atom. The molecule has 6 N–H and O–H groups in total. The van der Waals surface area contributed by atoms with E-state index < -0.39 is 54.6 Å². The van der Waals surface area contributed by atoms with E-state index in [-0.39, 0.29) is 11.4 Å². The Balaban J connectivity index is 0.000000745. The monoisotopic (exact) mass is 594 g/mol. The number of ketones is 1. The van der Waals surface area contributed by atoms with Crippen molar-refractivity contribution in [1.29, 1.82) is 5.41 Å². The Morgan fingerprint density at radius 2 is 1.51 bits per heavy atom. The summed E-state index contributed by atoms with van der Waals surface area (Å²) in [6.45, 7) is 0. The molecule has 1 heterocycles. The molecular weight excluding hydrogens is 573 g/mol. The van der Waals surface area contributed by atoms with Crippen molar-refractivity contribution in [2.24, 2.45) is 11.7 Å². The predicted octanol–water partition coefficient (Wildman–Crippen LogP) is 4.30. The number of carboxylic acid groups (broad SMARTS) is 3. The number of halogens is 3. The fraction of sp³-hybridized carbons (Fsp3) is 0.154. The Morgan fingerprint density at radius 3 is 2.02 bits per heavy atom. The minimum atomic E-state index is -5.08. The van der Waals surface area contributed by atoms with E-state index in [1.54, 1.807) is 42.5 Å². The standard InChI is InChI=1S/C24H20N2O7S.C2HF3O2/c25-22(26)13-4-6-17(7-5-13)33-24(32)20-9-8-19(34-20)15-3-1-2-14(10-15)18(27)11-16(23(30)31)12-21(28)29;3-2(4,5)1(6)7/h1-10,16H,11-12H2,(H3,25,26)(H,28,29)(H,30,31);(H,6,7)/t16-;/m0./s1. The van der Waals surface area contributed by atoms with Crippen LogP contribution in [-0.4, -0.2) is 57.0 Å². The maximum atomic E-state index is 12.6. The lowest BCUT2D eigenvalue weighted by atomic mass is 9.94. The average molecular weight is 595 g/mol. The number of hydrogen-bond donors (Lipinski definition) is 5. The van der Waals surface area contributed by atoms with Gasteiger partial charge in [0.25, 0.3) is 0 Å². The maximum absolute atomic E-state index is 12.6. The van der Waals surface area contributed by atoms with Gasteiger partial charge >= 0.3 is 30.1 Å². The third-order valence-corrected chi connectivity index (χ3v) is 6.21. The summed E-state index contributed by atoms with van der Waals surface area (Å²) in [4.78, 5) is 57.1. The fourth-order valence-electron chi connectivity index (χ4n) is 3.11. The number of rotatable bonds is 10. The van der Waals surface area contributed by atoms with Gasteiger partial charge in [0, 0.05) is 22.4 Å². The fourth-order valence-corrected chi connectivity index (χ4v) is 3.99. The van der Waals surface area contributed by atoms with Gasteiger partial charge in [-0.2, -0.15) is 13.2 Å². The molecule has 11 nitrogen and oxygen atoms in total. The van der Waals surface area contributed by atoms with E-state index in [2.05, 4.69) is 0 Å². The molecule has 1 aromatic heterocycles. The van der Waals surface area contributed by atoms with Crippen molar-refractivity contribution >= 4 is 46.8 Å². The zero-order valence-corrected chi connectivity index (χ0v) is 21.5. The van der Waals surface area contributed by atoms with Gasteiger partial charge in [0.05, 0.1) is 12.3 Å². The largest absolute Gasteiger partial charge is 0.490 e. The number of thiophene rings is 1. The van der Waals surface area contributed by atoms with Gasteiger partial charge in [0.2, 0.25) is 0 Å². The number of nitrogens with two attached hydrogens (primary N) is 1. The predicted molar refractivity (Wildman–Crippen MR) is 138 cm³/mol. The lowest BCUT2D eigenvalue weighted by Gasteiger charge is -2.09. The summed E-state index contributed by atoms with van der Waals surface area (Å²) in [6, 6.07) is 16.0. The van der Waals surface area contributed by atoms with E-state index in [0.717, 1.165) is 11.3 Å². The Kier molecular flexibility index (Phi) is 10.9. The summed E-state index contributed by atoms with van der Waals surface area (Å²) < 4.78 is 37.1. The lowest BCUT2D eigenvalue weighted by Crippen LogP contribution is -2.21. The van der Waals surface area contributed by atoms with E-state index in [4.69, 9.17) is 30.9 Å². The second-order valence-electron chi connectivity index (χ2n) is 8.14. The Bertz CT molecular complexity index is 1470. The van der Waals surface area contributed by atoms with Crippen molar-refractivity contribution in [2.45, 2.75) is 19.0 Å². The summed E-state index contributed by atoms with van der Waals surface area (Å²) in [5.74, 6) is -7.56. The molecule has 216 valence electrons. The Labute approximate surface area is 233 Å². The van der Waals surface area contributed by atoms with Crippen molar-refractivity contribution in [3.8, 4) is 16.2 Å². The topological polar surface area (TPSA) is 205 Å². The molecule has 15 heteroatoms. The summed E-state index contributed by atoms with van der Waals surface area (Å²) in [5, 5.41) is 32.5. The van der Waals surface area contributed by atoms with E-state index in [0.29, 0.717) is 26.6 Å². The molecule has 0 fully saturated rings. The number of ether oxygens (including phenoxy) is 1. The van der Waals surface area contributed by atoms with Gasteiger partial charge in [-0.1, -0.05) is 18.2 Å². The normalized spacial score (nSPS) is 11.4. The average Bonchev–Trinajstić information content (AvgIpc) is 3.39. The van der Waals surface area contributed by atoms with Crippen molar-refractivity contribution in [1.82, 2.24) is 0 Å². The third kappa shape index (κ3) is 9.89. The van der Waals surface area contributed by atoms with Crippen LogP contribution in [0.2, 0.25) is 0 Å². The van der Waals surface area contributed by atoms with Crippen molar-refractivity contribution in [3.63, 3.8) is 0 Å². The van der Waals surface area contributed by atoms with Gasteiger partial charge in [-0.25, -0.2) is 9.59 Å². The molecule has 0 bridgehead atoms. The van der Waals surface area contributed by atoms with Crippen LogP contribution in [0.3, 0.4) is 0 Å². The van der Waals surface area contributed by atoms with Gasteiger partial charge in [-0.05, 0) is 48.0 Å². The molecule has 0 aliphatic rings. The van der Waals surface area contributed by atoms with Crippen molar-refractivity contribution < 1.29 is 57.2 Å². The number of alkyl halides is 3. The number of carbonyl (C=O) groups is 5. The van der Waals surface area contributed by atoms with E-state index >= 15 is 0 Å². The van der Waals surface area contributed by atoms with Gasteiger partial charge in [0.15, 0.2) is 5.78 Å². The SMILES string of the molecule is N=C(N)c1ccc(OC(=O)c2ccc(-c3cccc(C(=O)C[C@@H](CC(=O)O)C(=O)O)c3)s2)cc1.O=C(O)C(F)(F)F. The zero-order valence-electron chi connectivity index (χ0n) is 20.7. The minimum Gasteiger partial charge on any atom is -0.481 e. The number of hydrogen-bond acceptors (Lipinski definition) is 8. The van der Waals surface area contributed by atoms with Crippen LogP contribution in [0.15, 0.2) is 60.7 Å². The smallest absolute Gasteiger partial charge is 0.481 e. The first-order valence-electron chi connectivity index (χ1n) is 11.2. The summed E-state index contributed by atoms with van der Waals surface area (Å²) >= 11 is 1.16. The van der Waals surface area contributed by atoms with Crippen LogP contribution >= 0.6 is 11.3 Å². The van der Waals surface area contributed by atoms with Crippen molar-refractivity contribution in [2.75, 3.05) is 0 Å². The molecular formula is C26H21F3N2O9S. The molecule has 2 aromatic carbocycles. The highest BCUT2D eigenvalue weighted by Crippen LogP contribution is 2.30. The quantitative estimate of drug-likeness (QED) is 0.0740. The van der Waals surface area contributed by atoms with E-state index in [1.165, 1.54) is 18.2 Å². The van der Waals surface area contributed by atoms with Crippen LogP contribution in [0.4, 0.5) is 13.2 Å². The second kappa shape index (κ2) is 13.8. The molecule has 0 spiro atoms. The zero-order chi connectivity index (χ0) is 30.9. The van der Waals surface area contributed by atoms with Crippen LogP contribution in [0.5, 0.6) is 5.75 Å². The molecule has 3 aromatic rings. The third-order valence-electron chi connectivity index (χ3n) is 5.10. The highest BCUT2D eigenvalue weighted by atomic mass is 32.1. The molecule has 0 aliphatic heterocycles. The summed E-state index contributed by atoms with van der Waals surface area (Å²) in [7, 11) is 0. The Hall–Kier alpha value is -5.05. The van der Waals surface area contributed by atoms with Gasteiger partial charge in [-0.15, -0.1) is 11.3 Å². The first-order valence-corrected chi connectivity index (χ1v) is 12.0. The number of aliphatic carboxylic acids is 3. The van der Waals surface area contributed by atoms with E-state index in [1.807, 2.05) is 0 Å². The number of nitrogens with one attached hydrogen (secondary N) is 1. The van der Waals surface area contributed by atoms with Gasteiger partial charge in [0.1, 0.15) is 16.5 Å². The lowest BCUT2D eigenvalue weighted by molar-refractivity contribution is -0.192. The molecule has 3 rings (SSSR count). The maximum Gasteiger partial charge on any atom is 0.490 e. The molecule has 41 heavy (non-hydrogen) atoms. The van der Waals surface area contributed by atoms with Crippen LogP contribution in [0, 0.1) is 11.3 Å². The molecule has 0 amide bonds. The first-order chi connectivity index (χ1) is 19.1. The molecule has 0 saturated carbocycles. The van der Waals surface area contributed by atoms with Gasteiger partial charge in [-0.3, -0.25) is 19.8 Å². The molecule has 0 aliphatic carbocycles. The molecule has 0 unspecified atom stereocenters. The summed E-state index contributed by atoms with van der Waals surface area (Å²) in [6.07, 6.45) is -6.16. The van der Waals surface area contributed by atoms with Crippen molar-refractivity contribution in [3.05, 3.63) is 76.7 Å². The number of carboxylic acids is 3. The van der Waals surface area contributed by atoms with Crippen LogP contribution in [0.1, 0.15) is 38.4 Å². The number of amidine groups is 1. The number of nitrogen functional groups attached to an aromatic ring is 1. The van der Waals surface area contributed by atoms with E-state index in [9.17, 15) is 37.5 Å². The summed E-state index contributed by atoms with van der Waals surface area (Å²) in [5.41, 5.74) is 6.80. The van der Waals surface area contributed by atoms with Crippen LogP contribution in [0.25, 0.3) is 10.4 Å². The highest BCUT2D eigenvalue weighted by molar-refractivity contribution is 7.17. The minimum absolute atomic E-state index is 0.0955. The van der Waals surface area contributed by atoms with Gasteiger partial charge < -0.3 is 25.8 Å². The van der Waals surface area contributed by atoms with Crippen LogP contribution in [-0.2, 0) is 14.4 Å².